The Hall–Kier alpha value is -1.40. The molecule has 0 radical (unpaired) electrons. The standard InChI is InChI=1S/C15H25N5O/c1-11-13-10-20(5-4-14(13)17-16-11)15(21)12(2)19-8-6-18(3)7-9-19/h12H,4-10H2,1-3H3,(H,16,17). The van der Waals surface area contributed by atoms with E-state index in [1.54, 1.807) is 0 Å². The zero-order chi connectivity index (χ0) is 15.0. The molecule has 1 atom stereocenters. The summed E-state index contributed by atoms with van der Waals surface area (Å²) >= 11 is 0. The number of H-pyrrole nitrogens is 1. The zero-order valence-electron chi connectivity index (χ0n) is 13.2. The fraction of sp³-hybridized carbons (Fsp3) is 0.733. The first-order chi connectivity index (χ1) is 10.1. The molecule has 1 aromatic heterocycles. The maximum atomic E-state index is 12.8. The van der Waals surface area contributed by atoms with Crippen molar-refractivity contribution in [3.05, 3.63) is 17.0 Å². The third-order valence-corrected chi connectivity index (χ3v) is 4.88. The molecule has 2 aliphatic heterocycles. The largest absolute Gasteiger partial charge is 0.336 e. The van der Waals surface area contributed by atoms with Gasteiger partial charge in [-0.15, -0.1) is 0 Å². The van der Waals surface area contributed by atoms with E-state index in [2.05, 4.69) is 27.0 Å². The summed E-state index contributed by atoms with van der Waals surface area (Å²) in [6.07, 6.45) is 0.862. The monoisotopic (exact) mass is 291 g/mol. The van der Waals surface area contributed by atoms with Crippen molar-refractivity contribution in [2.75, 3.05) is 39.8 Å². The average molecular weight is 291 g/mol. The number of hydrogen-bond donors (Lipinski definition) is 1. The molecule has 0 aliphatic carbocycles. The van der Waals surface area contributed by atoms with Gasteiger partial charge in [0.2, 0.25) is 5.91 Å². The number of hydrogen-bond acceptors (Lipinski definition) is 4. The number of aromatic amines is 1. The summed E-state index contributed by atoms with van der Waals surface area (Å²) < 4.78 is 0. The van der Waals surface area contributed by atoms with E-state index in [9.17, 15) is 4.79 Å². The lowest BCUT2D eigenvalue weighted by Crippen LogP contribution is -2.54. The minimum Gasteiger partial charge on any atom is -0.336 e. The number of carbonyl (C=O) groups excluding carboxylic acids is 1. The van der Waals surface area contributed by atoms with Gasteiger partial charge in [-0.2, -0.15) is 5.10 Å². The number of aromatic nitrogens is 2. The Kier molecular flexibility index (Phi) is 3.99. The van der Waals surface area contributed by atoms with Crippen LogP contribution in [0.2, 0.25) is 0 Å². The van der Waals surface area contributed by atoms with Gasteiger partial charge < -0.3 is 9.80 Å². The van der Waals surface area contributed by atoms with E-state index in [-0.39, 0.29) is 11.9 Å². The lowest BCUT2D eigenvalue weighted by Gasteiger charge is -2.38. The molecule has 1 N–H and O–H groups in total. The molecular formula is C15H25N5O. The van der Waals surface area contributed by atoms with Crippen molar-refractivity contribution in [2.24, 2.45) is 0 Å². The van der Waals surface area contributed by atoms with Gasteiger partial charge in [0, 0.05) is 56.9 Å². The first kappa shape index (κ1) is 14.5. The number of nitrogens with one attached hydrogen (secondary N) is 1. The topological polar surface area (TPSA) is 55.5 Å². The number of aryl methyl sites for hydroxylation is 1. The summed E-state index contributed by atoms with van der Waals surface area (Å²) in [7, 11) is 2.14. The van der Waals surface area contributed by atoms with E-state index in [0.717, 1.165) is 50.5 Å². The Morgan fingerprint density at radius 3 is 2.67 bits per heavy atom. The third-order valence-electron chi connectivity index (χ3n) is 4.88. The smallest absolute Gasteiger partial charge is 0.239 e. The van der Waals surface area contributed by atoms with Gasteiger partial charge in [0.05, 0.1) is 11.7 Å². The molecule has 1 unspecified atom stereocenters. The van der Waals surface area contributed by atoms with E-state index < -0.39 is 0 Å². The minimum atomic E-state index is -0.0209. The quantitative estimate of drug-likeness (QED) is 0.848. The van der Waals surface area contributed by atoms with E-state index >= 15 is 0 Å². The number of likely N-dealkylation sites (N-methyl/N-ethyl adjacent to an activating group) is 1. The van der Waals surface area contributed by atoms with E-state index in [1.165, 1.54) is 5.56 Å². The maximum absolute atomic E-state index is 12.8. The van der Waals surface area contributed by atoms with Crippen LogP contribution >= 0.6 is 0 Å². The van der Waals surface area contributed by atoms with Crippen molar-refractivity contribution in [3.8, 4) is 0 Å². The predicted octanol–water partition coefficient (Wildman–Crippen LogP) is 0.239. The van der Waals surface area contributed by atoms with Crippen LogP contribution in [-0.4, -0.2) is 76.6 Å². The fourth-order valence-electron chi connectivity index (χ4n) is 3.25. The third kappa shape index (κ3) is 2.82. The fourth-order valence-corrected chi connectivity index (χ4v) is 3.25. The highest BCUT2D eigenvalue weighted by molar-refractivity contribution is 5.81. The van der Waals surface area contributed by atoms with Gasteiger partial charge in [-0.25, -0.2) is 0 Å². The van der Waals surface area contributed by atoms with Crippen molar-refractivity contribution in [3.63, 3.8) is 0 Å². The molecule has 0 aromatic carbocycles. The SMILES string of the molecule is Cc1[nH]nc2c1CN(C(=O)C(C)N1CCN(C)CC1)CC2. The predicted molar refractivity (Wildman–Crippen MR) is 81.0 cm³/mol. The maximum Gasteiger partial charge on any atom is 0.239 e. The molecule has 6 heteroatoms. The summed E-state index contributed by atoms with van der Waals surface area (Å²) in [5, 5.41) is 7.35. The van der Waals surface area contributed by atoms with Crippen LogP contribution in [0.4, 0.5) is 0 Å². The van der Waals surface area contributed by atoms with E-state index in [4.69, 9.17) is 0 Å². The number of nitrogens with zero attached hydrogens (tertiary/aromatic N) is 4. The second-order valence-electron chi connectivity index (χ2n) is 6.30. The summed E-state index contributed by atoms with van der Waals surface area (Å²) in [5.74, 6) is 0.255. The first-order valence-corrected chi connectivity index (χ1v) is 7.80. The molecule has 1 saturated heterocycles. The second kappa shape index (κ2) is 5.77. The molecule has 21 heavy (non-hydrogen) atoms. The number of rotatable bonds is 2. The van der Waals surface area contributed by atoms with Gasteiger partial charge in [0.25, 0.3) is 0 Å². The average Bonchev–Trinajstić information content (AvgIpc) is 2.87. The van der Waals surface area contributed by atoms with Crippen molar-refractivity contribution in [1.82, 2.24) is 24.9 Å². The highest BCUT2D eigenvalue weighted by Gasteiger charge is 2.30. The van der Waals surface area contributed by atoms with Crippen LogP contribution in [-0.2, 0) is 17.8 Å². The molecular weight excluding hydrogens is 266 g/mol. The highest BCUT2D eigenvalue weighted by atomic mass is 16.2. The Balaban J connectivity index is 1.64. The number of carbonyl (C=O) groups is 1. The van der Waals surface area contributed by atoms with Crippen LogP contribution in [0.25, 0.3) is 0 Å². The lowest BCUT2D eigenvalue weighted by atomic mass is 10.0. The number of piperazine rings is 1. The van der Waals surface area contributed by atoms with Gasteiger partial charge in [-0.1, -0.05) is 0 Å². The zero-order valence-corrected chi connectivity index (χ0v) is 13.2. The van der Waals surface area contributed by atoms with E-state index in [0.29, 0.717) is 6.54 Å². The minimum absolute atomic E-state index is 0.0209. The van der Waals surface area contributed by atoms with Crippen LogP contribution in [0.15, 0.2) is 0 Å². The molecule has 1 fully saturated rings. The molecule has 0 saturated carbocycles. The molecule has 116 valence electrons. The molecule has 1 amide bonds. The Bertz CT molecular complexity index is 518. The summed E-state index contributed by atoms with van der Waals surface area (Å²) in [4.78, 5) is 19.4. The summed E-state index contributed by atoms with van der Waals surface area (Å²) in [5.41, 5.74) is 3.43. The molecule has 1 aromatic rings. The molecule has 3 heterocycles. The molecule has 2 aliphatic rings. The van der Waals surface area contributed by atoms with Crippen molar-refractivity contribution >= 4 is 5.91 Å². The van der Waals surface area contributed by atoms with Gasteiger partial charge >= 0.3 is 0 Å². The lowest BCUT2D eigenvalue weighted by molar-refractivity contribution is -0.138. The van der Waals surface area contributed by atoms with Crippen LogP contribution in [0.5, 0.6) is 0 Å². The van der Waals surface area contributed by atoms with Crippen LogP contribution in [0, 0.1) is 6.92 Å². The molecule has 6 nitrogen and oxygen atoms in total. The van der Waals surface area contributed by atoms with Crippen molar-refractivity contribution in [1.29, 1.82) is 0 Å². The molecule has 0 bridgehead atoms. The van der Waals surface area contributed by atoms with Crippen LogP contribution in [0.3, 0.4) is 0 Å². The Morgan fingerprint density at radius 1 is 1.24 bits per heavy atom. The molecule has 3 rings (SSSR count). The first-order valence-electron chi connectivity index (χ1n) is 7.80. The number of fused-ring (bicyclic) bond motifs is 1. The van der Waals surface area contributed by atoms with Crippen molar-refractivity contribution in [2.45, 2.75) is 32.9 Å². The normalized spacial score (nSPS) is 22.1. The highest BCUT2D eigenvalue weighted by Crippen LogP contribution is 2.21. The van der Waals surface area contributed by atoms with Crippen LogP contribution in [0.1, 0.15) is 23.9 Å². The van der Waals surface area contributed by atoms with Gasteiger partial charge in [-0.3, -0.25) is 14.8 Å². The van der Waals surface area contributed by atoms with Gasteiger partial charge in [0.1, 0.15) is 0 Å². The van der Waals surface area contributed by atoms with Gasteiger partial charge in [0.15, 0.2) is 0 Å². The second-order valence-corrected chi connectivity index (χ2v) is 6.30. The van der Waals surface area contributed by atoms with Crippen LogP contribution < -0.4 is 0 Å². The Labute approximate surface area is 126 Å². The number of amides is 1. The summed E-state index contributed by atoms with van der Waals surface area (Å²) in [6, 6.07) is -0.0209. The summed E-state index contributed by atoms with van der Waals surface area (Å²) in [6.45, 7) is 9.61. The van der Waals surface area contributed by atoms with Crippen molar-refractivity contribution < 1.29 is 4.79 Å². The van der Waals surface area contributed by atoms with Gasteiger partial charge in [-0.05, 0) is 20.9 Å². The molecule has 0 spiro atoms. The Morgan fingerprint density at radius 2 is 1.95 bits per heavy atom. The van der Waals surface area contributed by atoms with E-state index in [1.807, 2.05) is 18.7 Å².